The molecule has 124 valence electrons. The molecule has 5 nitrogen and oxygen atoms in total. The molecule has 7 heteroatoms. The van der Waals surface area contributed by atoms with Crippen LogP contribution in [-0.4, -0.2) is 60.4 Å². The van der Waals surface area contributed by atoms with Crippen molar-refractivity contribution in [2.24, 2.45) is 0 Å². The third kappa shape index (κ3) is 4.91. The highest BCUT2D eigenvalue weighted by molar-refractivity contribution is 9.10. The van der Waals surface area contributed by atoms with Crippen LogP contribution in [0.4, 0.5) is 5.13 Å². The van der Waals surface area contributed by atoms with E-state index in [1.165, 1.54) is 0 Å². The van der Waals surface area contributed by atoms with Gasteiger partial charge in [0, 0.05) is 48.8 Å². The lowest BCUT2D eigenvalue weighted by atomic mass is 10.2. The van der Waals surface area contributed by atoms with Crippen molar-refractivity contribution in [3.8, 4) is 5.75 Å². The van der Waals surface area contributed by atoms with Crippen LogP contribution in [0.2, 0.25) is 0 Å². The predicted octanol–water partition coefficient (Wildman–Crippen LogP) is 2.47. The van der Waals surface area contributed by atoms with Crippen LogP contribution in [0, 0.1) is 0 Å². The van der Waals surface area contributed by atoms with Crippen molar-refractivity contribution in [3.05, 3.63) is 40.3 Å². The molecular weight excluding hydrogens is 378 g/mol. The molecule has 0 saturated carbocycles. The average molecular weight is 398 g/mol. The minimum absolute atomic E-state index is 0.309. The van der Waals surface area contributed by atoms with Gasteiger partial charge in [-0.25, -0.2) is 4.98 Å². The zero-order chi connectivity index (χ0) is 16.1. The standard InChI is InChI=1S/C16H20BrN3O2S/c17-13-2-1-3-15(10-13)22-12-14(21)11-19-5-7-20(8-6-19)16-18-4-9-23-16/h1-4,9-10,14,21H,5-8,11-12H2/t14-/m1/s1. The molecule has 1 aromatic carbocycles. The number of benzene rings is 1. The Balaban J connectivity index is 1.40. The van der Waals surface area contributed by atoms with Gasteiger partial charge in [0.15, 0.2) is 5.13 Å². The van der Waals surface area contributed by atoms with E-state index in [2.05, 4.69) is 30.7 Å². The molecule has 3 rings (SSSR count). The highest BCUT2D eigenvalue weighted by Crippen LogP contribution is 2.19. The van der Waals surface area contributed by atoms with Crippen LogP contribution < -0.4 is 9.64 Å². The molecule has 1 saturated heterocycles. The summed E-state index contributed by atoms with van der Waals surface area (Å²) in [5.74, 6) is 0.770. The summed E-state index contributed by atoms with van der Waals surface area (Å²) in [5.41, 5.74) is 0. The van der Waals surface area contributed by atoms with Gasteiger partial charge in [-0.3, -0.25) is 4.90 Å². The topological polar surface area (TPSA) is 48.8 Å². The fourth-order valence-corrected chi connectivity index (χ4v) is 3.67. The summed E-state index contributed by atoms with van der Waals surface area (Å²) in [5, 5.41) is 13.3. The van der Waals surface area contributed by atoms with Crippen LogP contribution in [0.3, 0.4) is 0 Å². The maximum Gasteiger partial charge on any atom is 0.185 e. The Kier molecular flexibility index (Phi) is 5.88. The van der Waals surface area contributed by atoms with E-state index >= 15 is 0 Å². The van der Waals surface area contributed by atoms with Crippen LogP contribution in [-0.2, 0) is 0 Å². The van der Waals surface area contributed by atoms with Gasteiger partial charge in [0.25, 0.3) is 0 Å². The van der Waals surface area contributed by atoms with Crippen LogP contribution in [0.25, 0.3) is 0 Å². The number of anilines is 1. The molecule has 0 bridgehead atoms. The molecule has 23 heavy (non-hydrogen) atoms. The molecule has 2 heterocycles. The van der Waals surface area contributed by atoms with Crippen molar-refractivity contribution >= 4 is 32.4 Å². The molecule has 1 atom stereocenters. The van der Waals surface area contributed by atoms with E-state index in [4.69, 9.17) is 4.74 Å². The van der Waals surface area contributed by atoms with Crippen molar-refractivity contribution in [1.29, 1.82) is 0 Å². The molecule has 1 aliphatic heterocycles. The van der Waals surface area contributed by atoms with Gasteiger partial charge in [-0.05, 0) is 18.2 Å². The highest BCUT2D eigenvalue weighted by atomic mass is 79.9. The monoisotopic (exact) mass is 397 g/mol. The van der Waals surface area contributed by atoms with Gasteiger partial charge in [-0.15, -0.1) is 11.3 Å². The number of ether oxygens (including phenoxy) is 1. The number of aliphatic hydroxyl groups excluding tert-OH is 1. The average Bonchev–Trinajstić information content (AvgIpc) is 3.08. The summed E-state index contributed by atoms with van der Waals surface area (Å²) in [7, 11) is 0. The number of aliphatic hydroxyl groups is 1. The second-order valence-electron chi connectivity index (χ2n) is 5.52. The van der Waals surface area contributed by atoms with Crippen molar-refractivity contribution in [2.75, 3.05) is 44.2 Å². The number of halogens is 1. The minimum atomic E-state index is -0.486. The highest BCUT2D eigenvalue weighted by Gasteiger charge is 2.20. The molecule has 0 radical (unpaired) electrons. The van der Waals surface area contributed by atoms with Gasteiger partial charge in [-0.1, -0.05) is 22.0 Å². The summed E-state index contributed by atoms with van der Waals surface area (Å²) in [6, 6.07) is 7.67. The molecule has 1 aliphatic rings. The van der Waals surface area contributed by atoms with Crippen LogP contribution in [0.5, 0.6) is 5.75 Å². The molecule has 0 spiro atoms. The van der Waals surface area contributed by atoms with Gasteiger partial charge in [0.2, 0.25) is 0 Å². The van der Waals surface area contributed by atoms with Gasteiger partial charge in [0.1, 0.15) is 18.5 Å². The Morgan fingerprint density at radius 1 is 1.30 bits per heavy atom. The Morgan fingerprint density at radius 2 is 2.13 bits per heavy atom. The lowest BCUT2D eigenvalue weighted by molar-refractivity contribution is 0.0663. The first-order valence-electron chi connectivity index (χ1n) is 7.64. The van der Waals surface area contributed by atoms with E-state index < -0.39 is 6.10 Å². The Bertz CT molecular complexity index is 603. The van der Waals surface area contributed by atoms with Crippen molar-refractivity contribution < 1.29 is 9.84 Å². The minimum Gasteiger partial charge on any atom is -0.491 e. The predicted molar refractivity (Wildman–Crippen MR) is 96.4 cm³/mol. The fourth-order valence-electron chi connectivity index (χ4n) is 2.59. The number of hydrogen-bond acceptors (Lipinski definition) is 6. The number of thiazole rings is 1. The van der Waals surface area contributed by atoms with E-state index in [9.17, 15) is 5.11 Å². The molecule has 0 amide bonds. The lowest BCUT2D eigenvalue weighted by Gasteiger charge is -2.35. The zero-order valence-electron chi connectivity index (χ0n) is 12.8. The first-order chi connectivity index (χ1) is 11.2. The van der Waals surface area contributed by atoms with Crippen LogP contribution in [0.15, 0.2) is 40.3 Å². The van der Waals surface area contributed by atoms with E-state index in [1.54, 1.807) is 11.3 Å². The number of aromatic nitrogens is 1. The second-order valence-corrected chi connectivity index (χ2v) is 7.31. The SMILES string of the molecule is O[C@@H](COc1cccc(Br)c1)CN1CCN(c2nccs2)CC1. The Morgan fingerprint density at radius 3 is 2.83 bits per heavy atom. The maximum absolute atomic E-state index is 10.2. The number of rotatable bonds is 6. The van der Waals surface area contributed by atoms with E-state index in [0.29, 0.717) is 13.2 Å². The smallest absolute Gasteiger partial charge is 0.185 e. The number of β-amino-alcohol motifs (C(OH)–C–C–N with tert-alkyl or cyclic N) is 1. The molecule has 0 aliphatic carbocycles. The summed E-state index contributed by atoms with van der Waals surface area (Å²) >= 11 is 5.09. The maximum atomic E-state index is 10.2. The summed E-state index contributed by atoms with van der Waals surface area (Å²) in [6.45, 7) is 4.73. The molecule has 0 unspecified atom stereocenters. The lowest BCUT2D eigenvalue weighted by Crippen LogP contribution is -2.49. The number of nitrogens with zero attached hydrogens (tertiary/aromatic N) is 3. The summed E-state index contributed by atoms with van der Waals surface area (Å²) in [4.78, 5) is 8.92. The molecule has 2 aromatic rings. The van der Waals surface area contributed by atoms with Crippen molar-refractivity contribution in [3.63, 3.8) is 0 Å². The largest absolute Gasteiger partial charge is 0.491 e. The fraction of sp³-hybridized carbons (Fsp3) is 0.438. The zero-order valence-corrected chi connectivity index (χ0v) is 15.2. The number of hydrogen-bond donors (Lipinski definition) is 1. The Hall–Kier alpha value is -1.15. The molecule has 1 aromatic heterocycles. The van der Waals surface area contributed by atoms with Crippen molar-refractivity contribution in [2.45, 2.75) is 6.10 Å². The van der Waals surface area contributed by atoms with Crippen molar-refractivity contribution in [1.82, 2.24) is 9.88 Å². The van der Waals surface area contributed by atoms with E-state index in [1.807, 2.05) is 35.8 Å². The van der Waals surface area contributed by atoms with Crippen LogP contribution in [0.1, 0.15) is 0 Å². The van der Waals surface area contributed by atoms with Gasteiger partial charge >= 0.3 is 0 Å². The first kappa shape index (κ1) is 16.7. The molecule has 1 N–H and O–H groups in total. The third-order valence-electron chi connectivity index (χ3n) is 3.77. The normalized spacial score (nSPS) is 17.2. The second kappa shape index (κ2) is 8.10. The molecular formula is C16H20BrN3O2S. The van der Waals surface area contributed by atoms with E-state index in [-0.39, 0.29) is 0 Å². The van der Waals surface area contributed by atoms with Gasteiger partial charge < -0.3 is 14.7 Å². The van der Waals surface area contributed by atoms with Gasteiger partial charge in [0.05, 0.1) is 0 Å². The van der Waals surface area contributed by atoms with E-state index in [0.717, 1.165) is 41.5 Å². The summed E-state index contributed by atoms with van der Waals surface area (Å²) < 4.78 is 6.62. The number of piperazine rings is 1. The first-order valence-corrected chi connectivity index (χ1v) is 9.31. The van der Waals surface area contributed by atoms with Gasteiger partial charge in [-0.2, -0.15) is 0 Å². The quantitative estimate of drug-likeness (QED) is 0.810. The molecule has 1 fully saturated rings. The van der Waals surface area contributed by atoms with Crippen LogP contribution >= 0.6 is 27.3 Å². The summed E-state index contributed by atoms with van der Waals surface area (Å²) in [6.07, 6.45) is 1.36. The third-order valence-corrected chi connectivity index (χ3v) is 5.09. The Labute approximate surface area is 148 Å².